The maximum atomic E-state index is 12.5. The third-order valence-corrected chi connectivity index (χ3v) is 6.84. The first-order valence-electron chi connectivity index (χ1n) is 8.87. The number of thiophene rings is 1. The van der Waals surface area contributed by atoms with Crippen LogP contribution in [0.2, 0.25) is 0 Å². The predicted octanol–water partition coefficient (Wildman–Crippen LogP) is 4.27. The Balaban J connectivity index is 1.56. The van der Waals surface area contributed by atoms with Crippen LogP contribution in [0.3, 0.4) is 0 Å². The van der Waals surface area contributed by atoms with E-state index in [1.165, 1.54) is 40.4 Å². The molecule has 3 aromatic rings. The van der Waals surface area contributed by atoms with Gasteiger partial charge in [-0.2, -0.15) is 0 Å². The minimum Gasteiger partial charge on any atom is -0.467 e. The molecule has 0 unspecified atom stereocenters. The molecule has 7 heteroatoms. The number of carbonyl (C=O) groups is 1. The first-order valence-corrected chi connectivity index (χ1v) is 10.6. The highest BCUT2D eigenvalue weighted by molar-refractivity contribution is 8.00. The number of fused-ring (bicyclic) bond motifs is 3. The van der Waals surface area contributed by atoms with Crippen molar-refractivity contribution < 1.29 is 9.21 Å². The van der Waals surface area contributed by atoms with E-state index in [9.17, 15) is 4.79 Å². The Labute approximate surface area is 160 Å². The molecule has 3 aromatic heterocycles. The van der Waals surface area contributed by atoms with E-state index in [-0.39, 0.29) is 11.2 Å². The van der Waals surface area contributed by atoms with Gasteiger partial charge in [0.1, 0.15) is 21.4 Å². The molecule has 0 saturated carbocycles. The molecular formula is C19H21N3O2S2. The summed E-state index contributed by atoms with van der Waals surface area (Å²) in [5, 5.41) is 4.80. The fourth-order valence-electron chi connectivity index (χ4n) is 3.26. The van der Waals surface area contributed by atoms with Crippen LogP contribution in [0.5, 0.6) is 0 Å². The van der Waals surface area contributed by atoms with Gasteiger partial charge < -0.3 is 9.73 Å². The summed E-state index contributed by atoms with van der Waals surface area (Å²) in [7, 11) is 0. The monoisotopic (exact) mass is 387 g/mol. The van der Waals surface area contributed by atoms with Crippen LogP contribution < -0.4 is 5.32 Å². The van der Waals surface area contributed by atoms with E-state index in [2.05, 4.69) is 15.3 Å². The van der Waals surface area contributed by atoms with Crippen molar-refractivity contribution in [1.82, 2.24) is 15.3 Å². The van der Waals surface area contributed by atoms with Crippen molar-refractivity contribution in [3.05, 3.63) is 40.4 Å². The molecule has 0 aromatic carbocycles. The normalized spacial score (nSPS) is 15.0. The molecule has 0 radical (unpaired) electrons. The van der Waals surface area contributed by atoms with Crippen molar-refractivity contribution in [2.45, 2.75) is 56.4 Å². The fourth-order valence-corrected chi connectivity index (χ4v) is 5.68. The molecule has 1 aliphatic carbocycles. The van der Waals surface area contributed by atoms with Crippen molar-refractivity contribution in [3.63, 3.8) is 0 Å². The molecule has 0 fully saturated rings. The summed E-state index contributed by atoms with van der Waals surface area (Å²) in [6.07, 6.45) is 6.31. The predicted molar refractivity (Wildman–Crippen MR) is 105 cm³/mol. The molecule has 5 nitrogen and oxygen atoms in total. The first kappa shape index (κ1) is 17.5. The minimum atomic E-state index is -0.235. The lowest BCUT2D eigenvalue weighted by Gasteiger charge is -2.14. The van der Waals surface area contributed by atoms with Crippen LogP contribution in [0.1, 0.15) is 41.8 Å². The zero-order valence-corrected chi connectivity index (χ0v) is 16.5. The molecule has 136 valence electrons. The summed E-state index contributed by atoms with van der Waals surface area (Å²) in [6.45, 7) is 4.25. The number of nitrogens with zero attached hydrogens (tertiary/aromatic N) is 2. The van der Waals surface area contributed by atoms with Crippen molar-refractivity contribution in [2.24, 2.45) is 0 Å². The van der Waals surface area contributed by atoms with Gasteiger partial charge in [-0.1, -0.05) is 11.8 Å². The van der Waals surface area contributed by atoms with E-state index in [4.69, 9.17) is 4.42 Å². The van der Waals surface area contributed by atoms with Crippen LogP contribution in [0.25, 0.3) is 10.2 Å². The van der Waals surface area contributed by atoms with Gasteiger partial charge >= 0.3 is 0 Å². The average molecular weight is 388 g/mol. The Hall–Kier alpha value is -1.86. The standard InChI is InChI=1S/C19H21N3O2S2/c1-11(17(23)20-10-13-6-5-9-24-13)25-18-16-14-7-3-4-8-15(14)26-19(16)22-12(2)21-18/h5-6,9,11H,3-4,7-8,10H2,1-2H3,(H,20,23)/t11-/m1/s1. The number of rotatable bonds is 5. The molecular weight excluding hydrogens is 366 g/mol. The van der Waals surface area contributed by atoms with E-state index in [0.29, 0.717) is 6.54 Å². The molecule has 1 atom stereocenters. The van der Waals surface area contributed by atoms with Crippen molar-refractivity contribution >= 4 is 39.2 Å². The van der Waals surface area contributed by atoms with Crippen molar-refractivity contribution in [1.29, 1.82) is 0 Å². The summed E-state index contributed by atoms with van der Waals surface area (Å²) in [5.74, 6) is 1.50. The van der Waals surface area contributed by atoms with Crippen molar-refractivity contribution in [2.75, 3.05) is 0 Å². The number of hydrogen-bond donors (Lipinski definition) is 1. The number of carbonyl (C=O) groups excluding carboxylic acids is 1. The fraction of sp³-hybridized carbons (Fsp3) is 0.421. The zero-order chi connectivity index (χ0) is 18.1. The van der Waals surface area contributed by atoms with E-state index >= 15 is 0 Å². The smallest absolute Gasteiger partial charge is 0.233 e. The van der Waals surface area contributed by atoms with Gasteiger partial charge in [0.15, 0.2) is 0 Å². The van der Waals surface area contributed by atoms with Gasteiger partial charge in [-0.05, 0) is 57.2 Å². The van der Waals surface area contributed by atoms with E-state index in [0.717, 1.165) is 34.3 Å². The second-order valence-electron chi connectivity index (χ2n) is 6.52. The summed E-state index contributed by atoms with van der Waals surface area (Å²) in [5.41, 5.74) is 1.40. The topological polar surface area (TPSA) is 68.0 Å². The molecule has 3 heterocycles. The third kappa shape index (κ3) is 3.50. The second-order valence-corrected chi connectivity index (χ2v) is 8.94. The second kappa shape index (κ2) is 7.40. The van der Waals surface area contributed by atoms with Gasteiger partial charge in [0.2, 0.25) is 5.91 Å². The van der Waals surface area contributed by atoms with E-state index in [1.807, 2.05) is 26.0 Å². The Bertz CT molecular complexity index is 934. The highest BCUT2D eigenvalue weighted by Crippen LogP contribution is 2.40. The van der Waals surface area contributed by atoms with Gasteiger partial charge in [0.25, 0.3) is 0 Å². The molecule has 0 saturated heterocycles. The highest BCUT2D eigenvalue weighted by Gasteiger charge is 2.23. The largest absolute Gasteiger partial charge is 0.467 e. The summed E-state index contributed by atoms with van der Waals surface area (Å²) in [4.78, 5) is 24.3. The Morgan fingerprint density at radius 2 is 2.23 bits per heavy atom. The molecule has 1 amide bonds. The van der Waals surface area contributed by atoms with Crippen LogP contribution >= 0.6 is 23.1 Å². The van der Waals surface area contributed by atoms with Crippen molar-refractivity contribution in [3.8, 4) is 0 Å². The number of thioether (sulfide) groups is 1. The summed E-state index contributed by atoms with van der Waals surface area (Å²) in [6, 6.07) is 3.67. The van der Waals surface area contributed by atoms with Crippen LogP contribution in [0, 0.1) is 6.92 Å². The number of furan rings is 1. The van der Waals surface area contributed by atoms with Crippen LogP contribution in [0.15, 0.2) is 27.8 Å². The number of nitrogens with one attached hydrogen (secondary N) is 1. The number of amides is 1. The zero-order valence-electron chi connectivity index (χ0n) is 14.9. The van der Waals surface area contributed by atoms with Gasteiger partial charge in [-0.25, -0.2) is 9.97 Å². The number of hydrogen-bond acceptors (Lipinski definition) is 6. The molecule has 26 heavy (non-hydrogen) atoms. The minimum absolute atomic E-state index is 0.0140. The van der Waals surface area contributed by atoms with E-state index < -0.39 is 0 Å². The van der Waals surface area contributed by atoms with E-state index in [1.54, 1.807) is 17.6 Å². The summed E-state index contributed by atoms with van der Waals surface area (Å²) >= 11 is 3.32. The Morgan fingerprint density at radius 3 is 3.04 bits per heavy atom. The number of aryl methyl sites for hydroxylation is 3. The van der Waals surface area contributed by atoms with Crippen LogP contribution in [-0.4, -0.2) is 21.1 Å². The van der Waals surface area contributed by atoms with Gasteiger partial charge in [0, 0.05) is 10.3 Å². The SMILES string of the molecule is Cc1nc(S[C@H](C)C(=O)NCc2ccco2)c2c3c(sc2n1)CCCC3. The Morgan fingerprint density at radius 1 is 1.38 bits per heavy atom. The van der Waals surface area contributed by atoms with Crippen LogP contribution in [0.4, 0.5) is 0 Å². The third-order valence-electron chi connectivity index (χ3n) is 4.57. The molecule has 0 spiro atoms. The highest BCUT2D eigenvalue weighted by atomic mass is 32.2. The molecule has 0 bridgehead atoms. The first-order chi connectivity index (χ1) is 12.6. The molecule has 1 aliphatic rings. The lowest BCUT2D eigenvalue weighted by Crippen LogP contribution is -2.30. The van der Waals surface area contributed by atoms with Gasteiger partial charge in [-0.15, -0.1) is 11.3 Å². The Kier molecular flexibility index (Phi) is 5.00. The quantitative estimate of drug-likeness (QED) is 0.523. The lowest BCUT2D eigenvalue weighted by molar-refractivity contribution is -0.120. The van der Waals surface area contributed by atoms with Gasteiger partial charge in [0.05, 0.1) is 18.1 Å². The van der Waals surface area contributed by atoms with Gasteiger partial charge in [-0.3, -0.25) is 4.79 Å². The lowest BCUT2D eigenvalue weighted by atomic mass is 9.97. The molecule has 0 aliphatic heterocycles. The molecule has 1 N–H and O–H groups in total. The van der Waals surface area contributed by atoms with Crippen LogP contribution in [-0.2, 0) is 24.2 Å². The summed E-state index contributed by atoms with van der Waals surface area (Å²) < 4.78 is 5.27. The number of aromatic nitrogens is 2. The maximum absolute atomic E-state index is 12.5. The maximum Gasteiger partial charge on any atom is 0.233 e. The molecule has 4 rings (SSSR count). The average Bonchev–Trinajstić information content (AvgIpc) is 3.26.